The molecular formula is C10H16N2O2. The average Bonchev–Trinajstić information content (AvgIpc) is 2.50. The Hall–Kier alpha value is -1.32. The van der Waals surface area contributed by atoms with Crippen LogP contribution in [0.3, 0.4) is 0 Å². The molecule has 0 aliphatic carbocycles. The summed E-state index contributed by atoms with van der Waals surface area (Å²) in [6, 6.07) is 0. The summed E-state index contributed by atoms with van der Waals surface area (Å²) >= 11 is 0. The first-order chi connectivity index (χ1) is 6.50. The molecule has 0 saturated heterocycles. The fourth-order valence-electron chi connectivity index (χ4n) is 1.25. The predicted octanol–water partition coefficient (Wildman–Crippen LogP) is 1.73. The molecule has 0 radical (unpaired) electrons. The van der Waals surface area contributed by atoms with Crippen LogP contribution >= 0.6 is 0 Å². The van der Waals surface area contributed by atoms with Gasteiger partial charge in [-0.15, -0.1) is 0 Å². The lowest BCUT2D eigenvalue weighted by molar-refractivity contribution is -0.138. The predicted molar refractivity (Wildman–Crippen MR) is 53.1 cm³/mol. The third kappa shape index (κ3) is 2.58. The molecule has 1 aromatic heterocycles. The minimum Gasteiger partial charge on any atom is -0.481 e. The molecule has 1 N–H and O–H groups in total. The quantitative estimate of drug-likeness (QED) is 0.797. The molecule has 1 unspecified atom stereocenters. The minimum atomic E-state index is -0.834. The summed E-state index contributed by atoms with van der Waals surface area (Å²) in [5.74, 6) is -0.819. The van der Waals surface area contributed by atoms with E-state index < -0.39 is 11.9 Å². The van der Waals surface area contributed by atoms with Crippen LogP contribution in [0.15, 0.2) is 12.5 Å². The number of carbonyl (C=O) groups is 1. The Morgan fingerprint density at radius 2 is 2.21 bits per heavy atom. The zero-order chi connectivity index (χ0) is 10.7. The van der Waals surface area contributed by atoms with Crippen LogP contribution in [0.2, 0.25) is 0 Å². The fourth-order valence-corrected chi connectivity index (χ4v) is 1.25. The maximum Gasteiger partial charge on any atom is 0.312 e. The third-order valence-electron chi connectivity index (χ3n) is 2.04. The molecule has 0 saturated carbocycles. The third-order valence-corrected chi connectivity index (χ3v) is 2.04. The highest BCUT2D eigenvalue weighted by atomic mass is 16.4. The molecule has 1 atom stereocenters. The second kappa shape index (κ2) is 4.26. The molecule has 1 aromatic rings. The lowest BCUT2D eigenvalue weighted by atomic mass is 10.1. The monoisotopic (exact) mass is 196 g/mol. The van der Waals surface area contributed by atoms with Crippen molar-refractivity contribution >= 4 is 5.97 Å². The molecule has 0 aliphatic rings. The summed E-state index contributed by atoms with van der Waals surface area (Å²) in [6.45, 7) is 6.74. The number of hydrogen-bond donors (Lipinski definition) is 1. The van der Waals surface area contributed by atoms with Crippen LogP contribution in [-0.4, -0.2) is 20.6 Å². The molecule has 0 amide bonds. The molecule has 78 valence electrons. The van der Waals surface area contributed by atoms with E-state index in [4.69, 9.17) is 5.11 Å². The molecule has 0 aromatic carbocycles. The Labute approximate surface area is 83.6 Å². The number of imidazole rings is 1. The van der Waals surface area contributed by atoms with Crippen molar-refractivity contribution in [1.82, 2.24) is 9.55 Å². The zero-order valence-electron chi connectivity index (χ0n) is 8.77. The van der Waals surface area contributed by atoms with E-state index in [1.54, 1.807) is 19.4 Å². The van der Waals surface area contributed by atoms with E-state index >= 15 is 0 Å². The van der Waals surface area contributed by atoms with Gasteiger partial charge in [-0.3, -0.25) is 4.79 Å². The van der Waals surface area contributed by atoms with Gasteiger partial charge in [0, 0.05) is 12.7 Å². The largest absolute Gasteiger partial charge is 0.481 e. The van der Waals surface area contributed by atoms with Crippen LogP contribution < -0.4 is 0 Å². The summed E-state index contributed by atoms with van der Waals surface area (Å²) in [5, 5.41) is 8.78. The molecule has 0 bridgehead atoms. The molecule has 0 aliphatic heterocycles. The Bertz CT molecular complexity index is 318. The number of aromatic nitrogens is 2. The van der Waals surface area contributed by atoms with Crippen molar-refractivity contribution in [3.05, 3.63) is 18.2 Å². The van der Waals surface area contributed by atoms with Crippen molar-refractivity contribution < 1.29 is 9.90 Å². The summed E-state index contributed by atoms with van der Waals surface area (Å²) in [4.78, 5) is 14.8. The van der Waals surface area contributed by atoms with Gasteiger partial charge in [-0.05, 0) is 12.8 Å². The highest BCUT2D eigenvalue weighted by Crippen LogP contribution is 2.13. The number of carboxylic acids is 1. The first-order valence-electron chi connectivity index (χ1n) is 4.75. The fraction of sp³-hybridized carbons (Fsp3) is 0.600. The summed E-state index contributed by atoms with van der Waals surface area (Å²) in [6.07, 6.45) is 3.49. The average molecular weight is 196 g/mol. The number of aliphatic carboxylic acids is 1. The molecule has 4 nitrogen and oxygen atoms in total. The normalized spacial score (nSPS) is 13.1. The van der Waals surface area contributed by atoms with E-state index in [1.165, 1.54) is 0 Å². The van der Waals surface area contributed by atoms with E-state index in [9.17, 15) is 4.79 Å². The molecule has 14 heavy (non-hydrogen) atoms. The van der Waals surface area contributed by atoms with Crippen LogP contribution in [0.5, 0.6) is 0 Å². The van der Waals surface area contributed by atoms with E-state index in [0.717, 1.165) is 6.54 Å². The topological polar surface area (TPSA) is 55.1 Å². The smallest absolute Gasteiger partial charge is 0.312 e. The molecule has 0 spiro atoms. The van der Waals surface area contributed by atoms with Crippen molar-refractivity contribution in [3.8, 4) is 0 Å². The number of rotatable bonds is 4. The first kappa shape index (κ1) is 10.8. The van der Waals surface area contributed by atoms with E-state index in [1.807, 2.05) is 4.57 Å². The number of carboxylic acid groups (broad SMARTS) is 1. The van der Waals surface area contributed by atoms with Crippen molar-refractivity contribution in [2.24, 2.45) is 5.92 Å². The lowest BCUT2D eigenvalue weighted by Crippen LogP contribution is -2.07. The van der Waals surface area contributed by atoms with Gasteiger partial charge in [0.2, 0.25) is 0 Å². The second-order valence-corrected chi connectivity index (χ2v) is 3.95. The summed E-state index contributed by atoms with van der Waals surface area (Å²) in [7, 11) is 0. The van der Waals surface area contributed by atoms with Gasteiger partial charge in [0.15, 0.2) is 0 Å². The van der Waals surface area contributed by atoms with Gasteiger partial charge in [0.1, 0.15) is 0 Å². The molecule has 4 heteroatoms. The van der Waals surface area contributed by atoms with Gasteiger partial charge in [-0.2, -0.15) is 0 Å². The lowest BCUT2D eigenvalue weighted by Gasteiger charge is -2.04. The Kier molecular flexibility index (Phi) is 3.28. The second-order valence-electron chi connectivity index (χ2n) is 3.95. The first-order valence-corrected chi connectivity index (χ1v) is 4.75. The van der Waals surface area contributed by atoms with Crippen molar-refractivity contribution in [1.29, 1.82) is 0 Å². The van der Waals surface area contributed by atoms with E-state index in [2.05, 4.69) is 18.8 Å². The van der Waals surface area contributed by atoms with Gasteiger partial charge >= 0.3 is 5.97 Å². The summed E-state index contributed by atoms with van der Waals surface area (Å²) in [5.41, 5.74) is 0.623. The van der Waals surface area contributed by atoms with Gasteiger partial charge in [0.05, 0.1) is 17.9 Å². The van der Waals surface area contributed by atoms with Gasteiger partial charge < -0.3 is 9.67 Å². The maximum absolute atomic E-state index is 10.7. The van der Waals surface area contributed by atoms with Gasteiger partial charge in [-0.25, -0.2) is 4.98 Å². The van der Waals surface area contributed by atoms with E-state index in [0.29, 0.717) is 11.6 Å². The minimum absolute atomic E-state index is 0.525. The Morgan fingerprint density at radius 1 is 1.57 bits per heavy atom. The SMILES string of the molecule is CC(C)Cn1cnc(C(C)C(=O)O)c1. The molecule has 1 rings (SSSR count). The number of hydrogen-bond acceptors (Lipinski definition) is 2. The standard InChI is InChI=1S/C10H16N2O2/c1-7(2)4-12-5-9(11-6-12)8(3)10(13)14/h5-8H,4H2,1-3H3,(H,13,14). The van der Waals surface area contributed by atoms with Crippen LogP contribution in [0.25, 0.3) is 0 Å². The Balaban J connectivity index is 2.72. The zero-order valence-corrected chi connectivity index (χ0v) is 8.77. The molecule has 0 fully saturated rings. The highest BCUT2D eigenvalue weighted by Gasteiger charge is 2.16. The van der Waals surface area contributed by atoms with Crippen LogP contribution in [0.1, 0.15) is 32.4 Å². The molecule has 1 heterocycles. The van der Waals surface area contributed by atoms with Gasteiger partial charge in [0.25, 0.3) is 0 Å². The van der Waals surface area contributed by atoms with E-state index in [-0.39, 0.29) is 0 Å². The summed E-state index contributed by atoms with van der Waals surface area (Å²) < 4.78 is 1.93. The molecular weight excluding hydrogens is 180 g/mol. The highest BCUT2D eigenvalue weighted by molar-refractivity contribution is 5.74. The van der Waals surface area contributed by atoms with Crippen LogP contribution in [0.4, 0.5) is 0 Å². The van der Waals surface area contributed by atoms with Crippen molar-refractivity contribution in [2.45, 2.75) is 33.2 Å². The van der Waals surface area contributed by atoms with Gasteiger partial charge in [-0.1, -0.05) is 13.8 Å². The van der Waals surface area contributed by atoms with Crippen molar-refractivity contribution in [3.63, 3.8) is 0 Å². The Morgan fingerprint density at radius 3 is 2.71 bits per heavy atom. The maximum atomic E-state index is 10.7. The number of nitrogens with zero attached hydrogens (tertiary/aromatic N) is 2. The van der Waals surface area contributed by atoms with Crippen molar-refractivity contribution in [2.75, 3.05) is 0 Å². The van der Waals surface area contributed by atoms with Crippen LogP contribution in [-0.2, 0) is 11.3 Å². The van der Waals surface area contributed by atoms with Crippen LogP contribution in [0, 0.1) is 5.92 Å².